The summed E-state index contributed by atoms with van der Waals surface area (Å²) in [5, 5.41) is 9.90. The van der Waals surface area contributed by atoms with Crippen LogP contribution in [0.2, 0.25) is 0 Å². The van der Waals surface area contributed by atoms with Crippen LogP contribution in [0.3, 0.4) is 0 Å². The summed E-state index contributed by atoms with van der Waals surface area (Å²) in [6, 6.07) is 8.22. The van der Waals surface area contributed by atoms with Crippen molar-refractivity contribution in [3.63, 3.8) is 0 Å². The first-order valence-electron chi connectivity index (χ1n) is 8.51. The van der Waals surface area contributed by atoms with Gasteiger partial charge in [0.05, 0.1) is 0 Å². The summed E-state index contributed by atoms with van der Waals surface area (Å²) in [6.07, 6.45) is 5.16. The number of aliphatic carboxylic acids is 1. The van der Waals surface area contributed by atoms with Gasteiger partial charge >= 0.3 is 5.97 Å². The van der Waals surface area contributed by atoms with Crippen LogP contribution in [-0.4, -0.2) is 29.6 Å². The van der Waals surface area contributed by atoms with E-state index >= 15 is 0 Å². The molecule has 0 unspecified atom stereocenters. The first kappa shape index (κ1) is 17.5. The zero-order chi connectivity index (χ0) is 16.7. The topological polar surface area (TPSA) is 53.7 Å². The van der Waals surface area contributed by atoms with E-state index in [1.54, 1.807) is 0 Å². The summed E-state index contributed by atoms with van der Waals surface area (Å²) in [4.78, 5) is 12.8. The number of unbranched alkanes of at least 4 members (excludes halogenated alkanes) is 2. The van der Waals surface area contributed by atoms with Gasteiger partial charge in [0, 0.05) is 30.3 Å². The predicted molar refractivity (Wildman–Crippen MR) is 92.6 cm³/mol. The smallest absolute Gasteiger partial charge is 0.303 e. The number of hydrogen-bond acceptors (Lipinski definition) is 3. The van der Waals surface area contributed by atoms with Crippen molar-refractivity contribution in [3.05, 3.63) is 35.6 Å². The van der Waals surface area contributed by atoms with E-state index in [4.69, 9.17) is 9.52 Å². The van der Waals surface area contributed by atoms with Gasteiger partial charge in [-0.3, -0.25) is 4.79 Å². The fourth-order valence-electron chi connectivity index (χ4n) is 2.87. The molecule has 1 heterocycles. The minimum atomic E-state index is -0.713. The highest BCUT2D eigenvalue weighted by atomic mass is 16.4. The van der Waals surface area contributed by atoms with Crippen LogP contribution in [0.5, 0.6) is 0 Å². The number of fused-ring (bicyclic) bond motifs is 1. The third-order valence-electron chi connectivity index (χ3n) is 4.15. The summed E-state index contributed by atoms with van der Waals surface area (Å²) >= 11 is 0. The number of nitrogens with zero attached hydrogens (tertiary/aromatic N) is 1. The molecule has 0 saturated heterocycles. The van der Waals surface area contributed by atoms with Gasteiger partial charge in [-0.05, 0) is 38.9 Å². The Labute approximate surface area is 138 Å². The molecule has 23 heavy (non-hydrogen) atoms. The van der Waals surface area contributed by atoms with Crippen molar-refractivity contribution in [1.29, 1.82) is 0 Å². The lowest BCUT2D eigenvalue weighted by Gasteiger charge is -2.16. The number of para-hydroxylation sites is 1. The number of carboxylic acid groups (broad SMARTS) is 1. The summed E-state index contributed by atoms with van der Waals surface area (Å²) in [5.74, 6) is 0.390. The highest BCUT2D eigenvalue weighted by molar-refractivity contribution is 5.82. The van der Waals surface area contributed by atoms with E-state index in [2.05, 4.69) is 31.0 Å². The van der Waals surface area contributed by atoms with Crippen LogP contribution in [0.25, 0.3) is 11.0 Å². The average molecular weight is 317 g/mol. The zero-order valence-electron chi connectivity index (χ0n) is 14.2. The van der Waals surface area contributed by atoms with Gasteiger partial charge in [0.25, 0.3) is 0 Å². The Kier molecular flexibility index (Phi) is 6.66. The fraction of sp³-hybridized carbons (Fsp3) is 0.526. The molecular weight excluding hydrogens is 290 g/mol. The molecule has 0 bridgehead atoms. The third kappa shape index (κ3) is 5.10. The first-order chi connectivity index (χ1) is 11.1. The van der Waals surface area contributed by atoms with Crippen molar-refractivity contribution in [2.45, 2.75) is 52.0 Å². The first-order valence-corrected chi connectivity index (χ1v) is 8.51. The maximum atomic E-state index is 10.6. The standard InChI is InChI=1S/C19H27NO3/c1-3-4-10-18-16(15-9-5-6-11-17(15)23-18)14-20(2)13-8-7-12-19(21)22/h5-6,9,11H,3-4,7-8,10,12-14H2,1-2H3,(H,21,22). The number of rotatable bonds is 10. The maximum absolute atomic E-state index is 10.6. The van der Waals surface area contributed by atoms with Crippen LogP contribution in [0.4, 0.5) is 0 Å². The van der Waals surface area contributed by atoms with E-state index in [0.29, 0.717) is 0 Å². The molecule has 126 valence electrons. The van der Waals surface area contributed by atoms with Crippen molar-refractivity contribution in [2.24, 2.45) is 0 Å². The molecule has 0 aliphatic heterocycles. The second kappa shape index (κ2) is 8.73. The third-order valence-corrected chi connectivity index (χ3v) is 4.15. The van der Waals surface area contributed by atoms with Gasteiger partial charge in [0.15, 0.2) is 0 Å². The van der Waals surface area contributed by atoms with Crippen molar-refractivity contribution >= 4 is 16.9 Å². The van der Waals surface area contributed by atoms with E-state index in [1.165, 1.54) is 10.9 Å². The minimum Gasteiger partial charge on any atom is -0.481 e. The highest BCUT2D eigenvalue weighted by Gasteiger charge is 2.15. The number of benzene rings is 1. The largest absolute Gasteiger partial charge is 0.481 e. The number of hydrogen-bond donors (Lipinski definition) is 1. The van der Waals surface area contributed by atoms with Crippen LogP contribution in [0.1, 0.15) is 50.4 Å². The van der Waals surface area contributed by atoms with Crippen LogP contribution in [0.15, 0.2) is 28.7 Å². The lowest BCUT2D eigenvalue weighted by molar-refractivity contribution is -0.137. The van der Waals surface area contributed by atoms with Crippen LogP contribution in [0, 0.1) is 0 Å². The molecule has 0 radical (unpaired) electrons. The molecule has 1 aromatic heterocycles. The molecule has 1 N–H and O–H groups in total. The summed E-state index contributed by atoms with van der Waals surface area (Å²) in [5.41, 5.74) is 2.25. The fourth-order valence-corrected chi connectivity index (χ4v) is 2.87. The second-order valence-electron chi connectivity index (χ2n) is 6.19. The van der Waals surface area contributed by atoms with Crippen molar-refractivity contribution in [3.8, 4) is 0 Å². The quantitative estimate of drug-likeness (QED) is 0.657. The normalized spacial score (nSPS) is 11.4. The van der Waals surface area contributed by atoms with Gasteiger partial charge < -0.3 is 14.4 Å². The lowest BCUT2D eigenvalue weighted by atomic mass is 10.1. The monoisotopic (exact) mass is 317 g/mol. The van der Waals surface area contributed by atoms with E-state index in [1.807, 2.05) is 12.1 Å². The molecule has 0 fully saturated rings. The molecule has 0 amide bonds. The maximum Gasteiger partial charge on any atom is 0.303 e. The van der Waals surface area contributed by atoms with Gasteiger partial charge in [0.2, 0.25) is 0 Å². The van der Waals surface area contributed by atoms with E-state index < -0.39 is 5.97 Å². The molecule has 4 nitrogen and oxygen atoms in total. The Morgan fingerprint density at radius 3 is 2.74 bits per heavy atom. The minimum absolute atomic E-state index is 0.254. The molecule has 4 heteroatoms. The van der Waals surface area contributed by atoms with Gasteiger partial charge in [-0.15, -0.1) is 0 Å². The molecule has 0 spiro atoms. The molecule has 2 aromatic rings. The van der Waals surface area contributed by atoms with Crippen molar-refractivity contribution < 1.29 is 14.3 Å². The van der Waals surface area contributed by atoms with E-state index in [-0.39, 0.29) is 6.42 Å². The predicted octanol–water partition coefficient (Wildman–Crippen LogP) is 4.46. The van der Waals surface area contributed by atoms with E-state index in [0.717, 1.165) is 56.5 Å². The average Bonchev–Trinajstić information content (AvgIpc) is 2.87. The molecule has 2 rings (SSSR count). The number of carboxylic acids is 1. The second-order valence-corrected chi connectivity index (χ2v) is 6.19. The summed E-state index contributed by atoms with van der Waals surface area (Å²) in [6.45, 7) is 3.94. The molecule has 1 aromatic carbocycles. The summed E-state index contributed by atoms with van der Waals surface area (Å²) < 4.78 is 6.05. The van der Waals surface area contributed by atoms with Gasteiger partial charge in [-0.2, -0.15) is 0 Å². The lowest BCUT2D eigenvalue weighted by Crippen LogP contribution is -2.19. The number of furan rings is 1. The van der Waals surface area contributed by atoms with Gasteiger partial charge in [-0.1, -0.05) is 31.5 Å². The number of aryl methyl sites for hydroxylation is 1. The van der Waals surface area contributed by atoms with Crippen LogP contribution < -0.4 is 0 Å². The van der Waals surface area contributed by atoms with Gasteiger partial charge in [-0.25, -0.2) is 0 Å². The molecule has 0 saturated carbocycles. The van der Waals surface area contributed by atoms with E-state index in [9.17, 15) is 4.79 Å². The molecule has 0 aliphatic carbocycles. The number of carbonyl (C=O) groups is 1. The summed E-state index contributed by atoms with van der Waals surface area (Å²) in [7, 11) is 2.09. The molecule has 0 atom stereocenters. The molecule has 0 aliphatic rings. The van der Waals surface area contributed by atoms with Crippen LogP contribution >= 0.6 is 0 Å². The Balaban J connectivity index is 2.03. The van der Waals surface area contributed by atoms with Gasteiger partial charge in [0.1, 0.15) is 11.3 Å². The SMILES string of the molecule is CCCCc1oc2ccccc2c1CN(C)CCCCC(=O)O. The Morgan fingerprint density at radius 1 is 1.22 bits per heavy atom. The Hall–Kier alpha value is -1.81. The van der Waals surface area contributed by atoms with Crippen LogP contribution in [-0.2, 0) is 17.8 Å². The van der Waals surface area contributed by atoms with Crippen molar-refractivity contribution in [1.82, 2.24) is 4.90 Å². The van der Waals surface area contributed by atoms with Crippen molar-refractivity contribution in [2.75, 3.05) is 13.6 Å². The Morgan fingerprint density at radius 2 is 2.00 bits per heavy atom. The highest BCUT2D eigenvalue weighted by Crippen LogP contribution is 2.28. The Bertz CT molecular complexity index is 633. The zero-order valence-corrected chi connectivity index (χ0v) is 14.2. The molecular formula is C19H27NO3.